The van der Waals surface area contributed by atoms with Crippen molar-refractivity contribution in [3.63, 3.8) is 0 Å². The maximum atomic E-state index is 12.5. The molecular weight excluding hydrogens is 374 g/mol. The third-order valence-corrected chi connectivity index (χ3v) is 4.82. The zero-order chi connectivity index (χ0) is 20.0. The number of esters is 1. The van der Waals surface area contributed by atoms with Crippen molar-refractivity contribution < 1.29 is 14.1 Å². The van der Waals surface area contributed by atoms with E-state index in [1.54, 1.807) is 35.7 Å². The van der Waals surface area contributed by atoms with E-state index < -0.39 is 5.97 Å². The monoisotopic (exact) mass is 389 g/mol. The predicted octanol–water partition coefficient (Wildman–Crippen LogP) is 2.01. The van der Waals surface area contributed by atoms with Crippen LogP contribution in [0.2, 0.25) is 0 Å². The minimum atomic E-state index is -0.463. The molecule has 3 aromatic heterocycles. The van der Waals surface area contributed by atoms with E-state index in [0.717, 1.165) is 5.39 Å². The third kappa shape index (κ3) is 2.75. The predicted molar refractivity (Wildman–Crippen MR) is 103 cm³/mol. The number of carbonyl (C=O) groups excluding carboxylic acids is 1. The number of aryl methyl sites for hydroxylation is 1. The van der Waals surface area contributed by atoms with Crippen molar-refractivity contribution in [2.75, 3.05) is 0 Å². The first kappa shape index (κ1) is 17.1. The molecule has 9 heteroatoms. The summed E-state index contributed by atoms with van der Waals surface area (Å²) >= 11 is 0. The second kappa shape index (κ2) is 6.55. The number of carbonyl (C=O) groups is 1. The van der Waals surface area contributed by atoms with E-state index in [-0.39, 0.29) is 18.6 Å². The Hall–Kier alpha value is -4.01. The molecule has 144 valence electrons. The van der Waals surface area contributed by atoms with Crippen molar-refractivity contribution in [1.82, 2.24) is 24.3 Å². The van der Waals surface area contributed by atoms with Crippen LogP contribution in [0.1, 0.15) is 11.5 Å². The summed E-state index contributed by atoms with van der Waals surface area (Å²) in [5.41, 5.74) is 1.63. The smallest absolute Gasteiger partial charge is 0.312 e. The maximum Gasteiger partial charge on any atom is 0.312 e. The Balaban J connectivity index is 1.44. The number of aromatic nitrogens is 5. The maximum absolute atomic E-state index is 12.5. The van der Waals surface area contributed by atoms with Crippen LogP contribution in [0.15, 0.2) is 57.8 Å². The minimum Gasteiger partial charge on any atom is -0.457 e. The molecule has 3 heterocycles. The van der Waals surface area contributed by atoms with Crippen molar-refractivity contribution in [1.29, 1.82) is 0 Å². The number of ether oxygens (including phenoxy) is 1. The first-order valence-electron chi connectivity index (χ1n) is 8.94. The Bertz CT molecular complexity index is 1450. The second-order valence-electron chi connectivity index (χ2n) is 6.60. The van der Waals surface area contributed by atoms with Crippen LogP contribution < -0.4 is 5.56 Å². The number of benzene rings is 2. The molecule has 0 aliphatic carbocycles. The van der Waals surface area contributed by atoms with E-state index in [2.05, 4.69) is 15.4 Å². The molecule has 5 rings (SSSR count). The van der Waals surface area contributed by atoms with Gasteiger partial charge in [-0.15, -0.1) is 10.2 Å². The molecule has 5 aromatic rings. The Morgan fingerprint density at radius 2 is 1.83 bits per heavy atom. The molecule has 0 unspecified atom stereocenters. The van der Waals surface area contributed by atoms with Gasteiger partial charge in [-0.05, 0) is 24.3 Å². The molecule has 0 aliphatic rings. The molecule has 0 atom stereocenters. The first-order chi connectivity index (χ1) is 14.1. The Labute approximate surface area is 163 Å². The summed E-state index contributed by atoms with van der Waals surface area (Å²) in [6.07, 6.45) is -0.0208. The topological polar surface area (TPSA) is 105 Å². The van der Waals surface area contributed by atoms with E-state index in [4.69, 9.17) is 9.26 Å². The Morgan fingerprint density at radius 1 is 1.07 bits per heavy atom. The van der Waals surface area contributed by atoms with Gasteiger partial charge in [0.05, 0.1) is 17.3 Å². The number of para-hydroxylation sites is 2. The summed E-state index contributed by atoms with van der Waals surface area (Å²) in [6.45, 7) is -0.0853. The van der Waals surface area contributed by atoms with Crippen molar-refractivity contribution in [2.24, 2.45) is 7.05 Å². The highest BCUT2D eigenvalue weighted by molar-refractivity contribution is 5.84. The van der Waals surface area contributed by atoms with Gasteiger partial charge in [0.25, 0.3) is 5.56 Å². The second-order valence-corrected chi connectivity index (χ2v) is 6.60. The van der Waals surface area contributed by atoms with E-state index in [0.29, 0.717) is 33.8 Å². The number of hydrogen-bond donors (Lipinski definition) is 0. The number of rotatable bonds is 4. The summed E-state index contributed by atoms with van der Waals surface area (Å²) in [4.78, 5) is 24.8. The zero-order valence-corrected chi connectivity index (χ0v) is 15.4. The fourth-order valence-electron chi connectivity index (χ4n) is 3.38. The van der Waals surface area contributed by atoms with Crippen LogP contribution in [0.4, 0.5) is 0 Å². The van der Waals surface area contributed by atoms with Crippen LogP contribution in [0.3, 0.4) is 0 Å². The normalized spacial score (nSPS) is 11.5. The van der Waals surface area contributed by atoms with Crippen molar-refractivity contribution in [3.8, 4) is 0 Å². The molecule has 0 fully saturated rings. The highest BCUT2D eigenvalue weighted by Crippen LogP contribution is 2.19. The van der Waals surface area contributed by atoms with Crippen LogP contribution in [0.5, 0.6) is 0 Å². The summed E-state index contributed by atoms with van der Waals surface area (Å²) in [6, 6.07) is 14.5. The van der Waals surface area contributed by atoms with E-state index in [9.17, 15) is 9.59 Å². The van der Waals surface area contributed by atoms with Gasteiger partial charge in [-0.3, -0.25) is 18.6 Å². The van der Waals surface area contributed by atoms with Crippen LogP contribution in [-0.2, 0) is 29.6 Å². The van der Waals surface area contributed by atoms with Gasteiger partial charge in [0, 0.05) is 12.4 Å². The molecular formula is C20H15N5O4. The van der Waals surface area contributed by atoms with Crippen LogP contribution in [0.25, 0.3) is 27.6 Å². The molecule has 0 spiro atoms. The van der Waals surface area contributed by atoms with Crippen LogP contribution >= 0.6 is 0 Å². The van der Waals surface area contributed by atoms with Gasteiger partial charge < -0.3 is 9.26 Å². The van der Waals surface area contributed by atoms with Gasteiger partial charge in [0.2, 0.25) is 5.78 Å². The lowest BCUT2D eigenvalue weighted by Gasteiger charge is -2.08. The van der Waals surface area contributed by atoms with Gasteiger partial charge in [-0.2, -0.15) is 0 Å². The van der Waals surface area contributed by atoms with E-state index in [1.165, 1.54) is 4.57 Å². The number of fused-ring (bicyclic) bond motifs is 4. The van der Waals surface area contributed by atoms with Crippen LogP contribution in [-0.4, -0.2) is 30.3 Å². The average molecular weight is 389 g/mol. The summed E-state index contributed by atoms with van der Waals surface area (Å²) < 4.78 is 13.8. The van der Waals surface area contributed by atoms with Crippen molar-refractivity contribution in [2.45, 2.75) is 13.0 Å². The molecule has 0 amide bonds. The summed E-state index contributed by atoms with van der Waals surface area (Å²) in [5.74, 6) is 0.335. The molecule has 0 aliphatic heterocycles. The molecule has 0 N–H and O–H groups in total. The molecule has 0 radical (unpaired) electrons. The summed E-state index contributed by atoms with van der Waals surface area (Å²) in [7, 11) is 1.63. The van der Waals surface area contributed by atoms with Crippen molar-refractivity contribution >= 4 is 33.6 Å². The molecule has 2 aromatic carbocycles. The largest absolute Gasteiger partial charge is 0.457 e. The lowest BCUT2D eigenvalue weighted by atomic mass is 10.2. The minimum absolute atomic E-state index is 0.0208. The first-order valence-corrected chi connectivity index (χ1v) is 8.94. The fourth-order valence-corrected chi connectivity index (χ4v) is 3.38. The van der Waals surface area contributed by atoms with Crippen LogP contribution in [0, 0.1) is 0 Å². The SMILES string of the molecule is Cn1c(=O)c2ccccc2n2c(COC(=O)Cc3noc4ccccc34)nnc12. The van der Waals surface area contributed by atoms with Gasteiger partial charge in [0.1, 0.15) is 5.69 Å². The highest BCUT2D eigenvalue weighted by Gasteiger charge is 2.17. The van der Waals surface area contributed by atoms with E-state index >= 15 is 0 Å². The summed E-state index contributed by atoms with van der Waals surface area (Å²) in [5, 5.41) is 13.4. The lowest BCUT2D eigenvalue weighted by Crippen LogP contribution is -2.20. The average Bonchev–Trinajstić information content (AvgIpc) is 3.35. The van der Waals surface area contributed by atoms with Gasteiger partial charge in [-0.25, -0.2) is 0 Å². The number of nitrogens with zero attached hydrogens (tertiary/aromatic N) is 5. The number of hydrogen-bond acceptors (Lipinski definition) is 7. The molecule has 9 nitrogen and oxygen atoms in total. The molecule has 0 bridgehead atoms. The zero-order valence-electron chi connectivity index (χ0n) is 15.4. The lowest BCUT2D eigenvalue weighted by molar-refractivity contribution is -0.144. The van der Waals surface area contributed by atoms with Gasteiger partial charge in [0.15, 0.2) is 18.0 Å². The van der Waals surface area contributed by atoms with Gasteiger partial charge in [-0.1, -0.05) is 29.4 Å². The van der Waals surface area contributed by atoms with Gasteiger partial charge >= 0.3 is 5.97 Å². The standard InChI is InChI=1S/C20H15N5O4/c1-24-19(27)13-7-2-4-8-15(13)25-17(21-22-20(24)25)11-28-18(26)10-14-12-6-3-5-9-16(12)29-23-14/h2-9H,10-11H2,1H3. The Morgan fingerprint density at radius 3 is 2.69 bits per heavy atom. The molecule has 0 saturated heterocycles. The van der Waals surface area contributed by atoms with E-state index in [1.807, 2.05) is 24.3 Å². The van der Waals surface area contributed by atoms with Crippen molar-refractivity contribution in [3.05, 3.63) is 70.4 Å². The fraction of sp³-hybridized carbons (Fsp3) is 0.150. The quantitative estimate of drug-likeness (QED) is 0.433. The highest BCUT2D eigenvalue weighted by atomic mass is 16.5. The molecule has 29 heavy (non-hydrogen) atoms. The Kier molecular flexibility index (Phi) is 3.87. The molecule has 0 saturated carbocycles. The third-order valence-electron chi connectivity index (χ3n) is 4.82.